The molecular weight excluding hydrogens is 325 g/mol. The van der Waals surface area contributed by atoms with Crippen molar-refractivity contribution in [2.75, 3.05) is 19.8 Å². The van der Waals surface area contributed by atoms with Gasteiger partial charge >= 0.3 is 5.97 Å². The van der Waals surface area contributed by atoms with Crippen molar-refractivity contribution < 1.29 is 23.8 Å². The molecule has 0 radical (unpaired) electrons. The summed E-state index contributed by atoms with van der Waals surface area (Å²) in [6, 6.07) is 14.3. The highest BCUT2D eigenvalue weighted by atomic mass is 19.1. The minimum atomic E-state index is -1.33. The number of aliphatic hydroxyl groups excluding tert-OH is 1. The maximum Gasteiger partial charge on any atom is 0.339 e. The molecule has 5 nitrogen and oxygen atoms in total. The standard InChI is InChI=1S/C19H22FNO4/c20-16-8-6-14(7-9-16)10-11-24-12-17(21)13-25-19(23)18(22)15-4-2-1-3-5-15/h1-9,17-18,22H,10-13,21H2. The fourth-order valence-electron chi connectivity index (χ4n) is 2.16. The lowest BCUT2D eigenvalue weighted by Gasteiger charge is -2.15. The summed E-state index contributed by atoms with van der Waals surface area (Å²) < 4.78 is 23.2. The molecule has 0 aliphatic carbocycles. The van der Waals surface area contributed by atoms with E-state index in [9.17, 15) is 14.3 Å². The van der Waals surface area contributed by atoms with Crippen molar-refractivity contribution in [1.29, 1.82) is 0 Å². The molecular formula is C19H22FNO4. The Balaban J connectivity index is 1.62. The first-order valence-electron chi connectivity index (χ1n) is 8.03. The summed E-state index contributed by atoms with van der Waals surface area (Å²) in [7, 11) is 0. The van der Waals surface area contributed by atoms with Gasteiger partial charge < -0.3 is 20.3 Å². The third-order valence-electron chi connectivity index (χ3n) is 3.56. The van der Waals surface area contributed by atoms with E-state index in [2.05, 4.69) is 0 Å². The average molecular weight is 347 g/mol. The predicted molar refractivity (Wildman–Crippen MR) is 91.3 cm³/mol. The SMILES string of the molecule is NC(COCCc1ccc(F)cc1)COC(=O)C(O)c1ccccc1. The normalized spacial score (nSPS) is 13.2. The second-order valence-electron chi connectivity index (χ2n) is 5.65. The molecule has 0 spiro atoms. The van der Waals surface area contributed by atoms with E-state index in [-0.39, 0.29) is 19.0 Å². The average Bonchev–Trinajstić information content (AvgIpc) is 2.64. The molecule has 0 aliphatic rings. The van der Waals surface area contributed by atoms with E-state index >= 15 is 0 Å². The zero-order valence-electron chi connectivity index (χ0n) is 13.8. The Bertz CT molecular complexity index is 648. The van der Waals surface area contributed by atoms with Gasteiger partial charge in [-0.1, -0.05) is 42.5 Å². The van der Waals surface area contributed by atoms with E-state index in [1.165, 1.54) is 12.1 Å². The van der Waals surface area contributed by atoms with Gasteiger partial charge in [-0.3, -0.25) is 0 Å². The molecule has 0 aliphatic heterocycles. The van der Waals surface area contributed by atoms with Crippen LogP contribution in [0, 0.1) is 5.82 Å². The molecule has 134 valence electrons. The van der Waals surface area contributed by atoms with Gasteiger partial charge in [0.1, 0.15) is 12.4 Å². The molecule has 2 rings (SSSR count). The van der Waals surface area contributed by atoms with Crippen LogP contribution in [-0.2, 0) is 20.7 Å². The van der Waals surface area contributed by atoms with Crippen molar-refractivity contribution >= 4 is 5.97 Å². The Morgan fingerprint density at radius 2 is 1.76 bits per heavy atom. The van der Waals surface area contributed by atoms with Crippen LogP contribution in [-0.4, -0.2) is 36.9 Å². The first-order chi connectivity index (χ1) is 12.1. The van der Waals surface area contributed by atoms with Gasteiger partial charge in [0.15, 0.2) is 6.10 Å². The zero-order valence-corrected chi connectivity index (χ0v) is 13.8. The summed E-state index contributed by atoms with van der Waals surface area (Å²) in [6.45, 7) is 0.606. The molecule has 0 aromatic heterocycles. The van der Waals surface area contributed by atoms with Crippen LogP contribution < -0.4 is 5.73 Å². The number of halogens is 1. The maximum atomic E-state index is 12.8. The van der Waals surface area contributed by atoms with Gasteiger partial charge in [0.2, 0.25) is 0 Å². The lowest BCUT2D eigenvalue weighted by atomic mass is 10.1. The van der Waals surface area contributed by atoms with Crippen LogP contribution in [0.2, 0.25) is 0 Å². The summed E-state index contributed by atoms with van der Waals surface area (Å²) in [4.78, 5) is 11.8. The number of ether oxygens (including phenoxy) is 2. The third kappa shape index (κ3) is 6.62. The summed E-state index contributed by atoms with van der Waals surface area (Å²) in [5, 5.41) is 9.89. The van der Waals surface area contributed by atoms with Gasteiger partial charge in [0, 0.05) is 0 Å². The number of hydrogen-bond donors (Lipinski definition) is 2. The van der Waals surface area contributed by atoms with Gasteiger partial charge in [0.05, 0.1) is 19.3 Å². The summed E-state index contributed by atoms with van der Waals surface area (Å²) in [5.74, 6) is -1.01. The lowest BCUT2D eigenvalue weighted by Crippen LogP contribution is -2.33. The summed E-state index contributed by atoms with van der Waals surface area (Å²) in [5.41, 5.74) is 7.26. The monoisotopic (exact) mass is 347 g/mol. The van der Waals surface area contributed by atoms with E-state index in [1.54, 1.807) is 42.5 Å². The van der Waals surface area contributed by atoms with Crippen LogP contribution in [0.4, 0.5) is 4.39 Å². The van der Waals surface area contributed by atoms with Crippen molar-refractivity contribution in [3.8, 4) is 0 Å². The van der Waals surface area contributed by atoms with Crippen molar-refractivity contribution in [3.63, 3.8) is 0 Å². The van der Waals surface area contributed by atoms with E-state index in [4.69, 9.17) is 15.2 Å². The fraction of sp³-hybridized carbons (Fsp3) is 0.316. The Morgan fingerprint density at radius 3 is 2.44 bits per heavy atom. The van der Waals surface area contributed by atoms with E-state index < -0.39 is 18.1 Å². The van der Waals surface area contributed by atoms with Crippen molar-refractivity contribution in [3.05, 3.63) is 71.5 Å². The van der Waals surface area contributed by atoms with Gasteiger partial charge in [-0.2, -0.15) is 0 Å². The van der Waals surface area contributed by atoms with Crippen LogP contribution in [0.5, 0.6) is 0 Å². The predicted octanol–water partition coefficient (Wildman–Crippen LogP) is 1.99. The fourth-order valence-corrected chi connectivity index (χ4v) is 2.16. The topological polar surface area (TPSA) is 81.8 Å². The zero-order chi connectivity index (χ0) is 18.1. The molecule has 3 N–H and O–H groups in total. The minimum absolute atomic E-state index is 0.0424. The Hall–Kier alpha value is -2.28. The summed E-state index contributed by atoms with van der Waals surface area (Å²) in [6.07, 6.45) is -0.688. The molecule has 0 fully saturated rings. The summed E-state index contributed by atoms with van der Waals surface area (Å²) >= 11 is 0. The quantitative estimate of drug-likeness (QED) is 0.535. The number of aliphatic hydroxyl groups is 1. The maximum absolute atomic E-state index is 12.8. The smallest absolute Gasteiger partial charge is 0.339 e. The lowest BCUT2D eigenvalue weighted by molar-refractivity contribution is -0.154. The highest BCUT2D eigenvalue weighted by molar-refractivity contribution is 5.76. The van der Waals surface area contributed by atoms with E-state index in [0.717, 1.165) is 5.56 Å². The first-order valence-corrected chi connectivity index (χ1v) is 8.03. The molecule has 2 atom stereocenters. The molecule has 0 heterocycles. The number of nitrogens with two attached hydrogens (primary N) is 1. The number of hydrogen-bond acceptors (Lipinski definition) is 5. The Labute approximate surface area is 146 Å². The largest absolute Gasteiger partial charge is 0.462 e. The van der Waals surface area contributed by atoms with Gasteiger partial charge in [0.25, 0.3) is 0 Å². The van der Waals surface area contributed by atoms with Gasteiger partial charge in [-0.25, -0.2) is 9.18 Å². The van der Waals surface area contributed by atoms with Crippen LogP contribution >= 0.6 is 0 Å². The highest BCUT2D eigenvalue weighted by Gasteiger charge is 2.19. The molecule has 2 aromatic carbocycles. The molecule has 6 heteroatoms. The second kappa shape index (κ2) is 9.88. The van der Waals surface area contributed by atoms with Gasteiger partial charge in [-0.05, 0) is 29.7 Å². The molecule has 2 aromatic rings. The van der Waals surface area contributed by atoms with Crippen molar-refractivity contribution in [1.82, 2.24) is 0 Å². The van der Waals surface area contributed by atoms with Crippen LogP contribution in [0.3, 0.4) is 0 Å². The number of esters is 1. The molecule has 0 bridgehead atoms. The van der Waals surface area contributed by atoms with E-state index in [1.807, 2.05) is 0 Å². The highest BCUT2D eigenvalue weighted by Crippen LogP contribution is 2.13. The number of benzene rings is 2. The van der Waals surface area contributed by atoms with Crippen molar-refractivity contribution in [2.24, 2.45) is 5.73 Å². The first kappa shape index (κ1) is 19.1. The minimum Gasteiger partial charge on any atom is -0.462 e. The molecule has 25 heavy (non-hydrogen) atoms. The van der Waals surface area contributed by atoms with Crippen LogP contribution in [0.25, 0.3) is 0 Å². The van der Waals surface area contributed by atoms with Gasteiger partial charge in [-0.15, -0.1) is 0 Å². The Kier molecular flexibility index (Phi) is 7.53. The van der Waals surface area contributed by atoms with Crippen LogP contribution in [0.1, 0.15) is 17.2 Å². The number of carbonyl (C=O) groups excluding carboxylic acids is 1. The molecule has 2 unspecified atom stereocenters. The third-order valence-corrected chi connectivity index (χ3v) is 3.56. The molecule has 0 saturated heterocycles. The van der Waals surface area contributed by atoms with Crippen molar-refractivity contribution in [2.45, 2.75) is 18.6 Å². The van der Waals surface area contributed by atoms with E-state index in [0.29, 0.717) is 18.6 Å². The van der Waals surface area contributed by atoms with Crippen LogP contribution in [0.15, 0.2) is 54.6 Å². The Morgan fingerprint density at radius 1 is 1.08 bits per heavy atom. The molecule has 0 amide bonds. The number of rotatable bonds is 9. The number of carbonyl (C=O) groups is 1. The second-order valence-corrected chi connectivity index (χ2v) is 5.65. The molecule has 0 saturated carbocycles.